The van der Waals surface area contributed by atoms with Crippen LogP contribution in [0.25, 0.3) is 0 Å². The highest BCUT2D eigenvalue weighted by Gasteiger charge is 2.33. The van der Waals surface area contributed by atoms with Gasteiger partial charge in [-0.15, -0.1) is 0 Å². The van der Waals surface area contributed by atoms with Crippen molar-refractivity contribution in [3.8, 4) is 11.5 Å². The largest absolute Gasteiger partial charge is 0.504 e. The highest BCUT2D eigenvalue weighted by Crippen LogP contribution is 2.38. The molecule has 0 bridgehead atoms. The number of H-pyrrole nitrogens is 1. The zero-order valence-electron chi connectivity index (χ0n) is 13.2. The van der Waals surface area contributed by atoms with E-state index in [-0.39, 0.29) is 35.6 Å². The van der Waals surface area contributed by atoms with E-state index in [0.717, 1.165) is 5.56 Å². The van der Waals surface area contributed by atoms with E-state index in [2.05, 4.69) is 10.4 Å². The van der Waals surface area contributed by atoms with Crippen molar-refractivity contribution in [3.63, 3.8) is 0 Å². The number of phenols is 1. The van der Waals surface area contributed by atoms with Crippen LogP contribution < -0.4 is 15.6 Å². The van der Waals surface area contributed by atoms with E-state index in [1.165, 1.54) is 13.2 Å². The molecular formula is C16H19N3O4. The summed E-state index contributed by atoms with van der Waals surface area (Å²) in [5.74, 6) is 0.318. The van der Waals surface area contributed by atoms with Gasteiger partial charge in [0.2, 0.25) is 5.91 Å². The lowest BCUT2D eigenvalue weighted by Gasteiger charge is -2.24. The summed E-state index contributed by atoms with van der Waals surface area (Å²) in [5, 5.41) is 15.3. The van der Waals surface area contributed by atoms with Crippen LogP contribution >= 0.6 is 0 Å². The Morgan fingerprint density at radius 2 is 2.09 bits per heavy atom. The summed E-state index contributed by atoms with van der Waals surface area (Å²) in [6.07, 6.45) is 0.173. The van der Waals surface area contributed by atoms with Crippen LogP contribution in [0.2, 0.25) is 0 Å². The van der Waals surface area contributed by atoms with E-state index in [1.807, 2.05) is 13.8 Å². The smallest absolute Gasteiger partial charge is 0.270 e. The first-order chi connectivity index (χ1) is 10.9. The Morgan fingerprint density at radius 1 is 1.35 bits per heavy atom. The van der Waals surface area contributed by atoms with Gasteiger partial charge in [-0.25, -0.2) is 0 Å². The van der Waals surface area contributed by atoms with E-state index in [9.17, 15) is 14.7 Å². The summed E-state index contributed by atoms with van der Waals surface area (Å²) >= 11 is 0. The van der Waals surface area contributed by atoms with E-state index >= 15 is 0 Å². The summed E-state index contributed by atoms with van der Waals surface area (Å²) < 4.78 is 6.79. The Bertz CT molecular complexity index is 819. The minimum atomic E-state index is -0.378. The van der Waals surface area contributed by atoms with Crippen molar-refractivity contribution in [2.24, 2.45) is 0 Å². The van der Waals surface area contributed by atoms with Gasteiger partial charge >= 0.3 is 0 Å². The maximum atomic E-state index is 12.4. The molecule has 1 unspecified atom stereocenters. The number of rotatable bonds is 3. The molecule has 7 nitrogen and oxygen atoms in total. The maximum Gasteiger partial charge on any atom is 0.270 e. The number of nitrogens with one attached hydrogen (secondary N) is 2. The Morgan fingerprint density at radius 3 is 2.74 bits per heavy atom. The fraction of sp³-hybridized carbons (Fsp3) is 0.375. The fourth-order valence-electron chi connectivity index (χ4n) is 2.97. The van der Waals surface area contributed by atoms with Crippen molar-refractivity contribution in [2.75, 3.05) is 12.4 Å². The molecule has 0 saturated heterocycles. The standard InChI is InChI=1S/C16H19N3O4/c1-8(2)19-15-14(16(22)18-19)10(7-13(21)17-15)9-4-5-11(20)12(6-9)23-3/h4-6,8,10,20H,7H2,1-3H3,(H,17,21)(H,18,22). The minimum Gasteiger partial charge on any atom is -0.504 e. The molecule has 1 aliphatic heterocycles. The third kappa shape index (κ3) is 2.48. The first kappa shape index (κ1) is 15.2. The number of phenolic OH excluding ortho intramolecular Hbond substituents is 1. The number of methoxy groups -OCH3 is 1. The number of aromatic nitrogens is 2. The number of hydrogen-bond donors (Lipinski definition) is 3. The number of aromatic hydroxyl groups is 1. The number of carbonyl (C=O) groups excluding carboxylic acids is 1. The highest BCUT2D eigenvalue weighted by molar-refractivity contribution is 5.94. The lowest BCUT2D eigenvalue weighted by molar-refractivity contribution is -0.116. The second kappa shape index (κ2) is 5.49. The van der Waals surface area contributed by atoms with Crippen LogP contribution in [0.1, 0.15) is 43.4 Å². The lowest BCUT2D eigenvalue weighted by Crippen LogP contribution is -2.27. The highest BCUT2D eigenvalue weighted by atomic mass is 16.5. The Balaban J connectivity index is 2.16. The maximum absolute atomic E-state index is 12.4. The van der Waals surface area contributed by atoms with Crippen LogP contribution in [0.3, 0.4) is 0 Å². The number of aromatic amines is 1. The van der Waals surface area contributed by atoms with E-state index < -0.39 is 0 Å². The third-order valence-electron chi connectivity index (χ3n) is 4.08. The normalized spacial score (nSPS) is 17.0. The zero-order chi connectivity index (χ0) is 16.7. The van der Waals surface area contributed by atoms with Crippen LogP contribution in [0.15, 0.2) is 23.0 Å². The Hall–Kier alpha value is -2.70. The average Bonchev–Trinajstić information content (AvgIpc) is 2.84. The van der Waals surface area contributed by atoms with Crippen LogP contribution in [-0.2, 0) is 4.79 Å². The number of carbonyl (C=O) groups is 1. The second-order valence-corrected chi connectivity index (χ2v) is 5.90. The van der Waals surface area contributed by atoms with E-state index in [1.54, 1.807) is 16.8 Å². The van der Waals surface area contributed by atoms with Gasteiger partial charge in [-0.1, -0.05) is 6.07 Å². The predicted octanol–water partition coefficient (Wildman–Crippen LogP) is 1.95. The van der Waals surface area contributed by atoms with Crippen molar-refractivity contribution in [1.29, 1.82) is 0 Å². The molecule has 122 valence electrons. The monoisotopic (exact) mass is 317 g/mol. The molecule has 7 heteroatoms. The second-order valence-electron chi connectivity index (χ2n) is 5.90. The Labute approximate surface area is 132 Å². The summed E-state index contributed by atoms with van der Waals surface area (Å²) in [6.45, 7) is 3.85. The van der Waals surface area contributed by atoms with Crippen molar-refractivity contribution < 1.29 is 14.6 Å². The first-order valence-corrected chi connectivity index (χ1v) is 7.43. The first-order valence-electron chi connectivity index (χ1n) is 7.43. The molecule has 0 aliphatic carbocycles. The predicted molar refractivity (Wildman–Crippen MR) is 85.2 cm³/mol. The molecule has 23 heavy (non-hydrogen) atoms. The number of benzene rings is 1. The molecular weight excluding hydrogens is 298 g/mol. The van der Waals surface area contributed by atoms with Crippen molar-refractivity contribution in [1.82, 2.24) is 9.78 Å². The van der Waals surface area contributed by atoms with Gasteiger partial charge in [0.1, 0.15) is 5.82 Å². The third-order valence-corrected chi connectivity index (χ3v) is 4.08. The molecule has 1 aromatic heterocycles. The van der Waals surface area contributed by atoms with Crippen molar-refractivity contribution in [2.45, 2.75) is 32.2 Å². The number of anilines is 1. The van der Waals surface area contributed by atoms with Gasteiger partial charge in [0.05, 0.1) is 12.7 Å². The number of amides is 1. The van der Waals surface area contributed by atoms with Gasteiger partial charge in [0, 0.05) is 18.4 Å². The van der Waals surface area contributed by atoms with Crippen LogP contribution in [0.4, 0.5) is 5.82 Å². The van der Waals surface area contributed by atoms with Crippen molar-refractivity contribution >= 4 is 11.7 Å². The zero-order valence-corrected chi connectivity index (χ0v) is 13.2. The molecule has 3 N–H and O–H groups in total. The van der Waals surface area contributed by atoms with Crippen LogP contribution in [-0.4, -0.2) is 27.9 Å². The molecule has 3 rings (SSSR count). The van der Waals surface area contributed by atoms with Gasteiger partial charge in [-0.3, -0.25) is 19.4 Å². The molecule has 0 radical (unpaired) electrons. The minimum absolute atomic E-state index is 0.0138. The average molecular weight is 317 g/mol. The van der Waals surface area contributed by atoms with Crippen LogP contribution in [0.5, 0.6) is 11.5 Å². The molecule has 1 atom stereocenters. The molecule has 1 aliphatic rings. The number of nitrogens with zero attached hydrogens (tertiary/aromatic N) is 1. The summed E-state index contributed by atoms with van der Waals surface area (Å²) in [4.78, 5) is 24.5. The molecule has 0 saturated carbocycles. The van der Waals surface area contributed by atoms with Gasteiger partial charge < -0.3 is 15.2 Å². The number of hydrogen-bond acceptors (Lipinski definition) is 4. The molecule has 1 aromatic carbocycles. The summed E-state index contributed by atoms with van der Waals surface area (Å²) in [7, 11) is 1.46. The summed E-state index contributed by atoms with van der Waals surface area (Å²) in [6, 6.07) is 4.89. The van der Waals surface area contributed by atoms with Crippen molar-refractivity contribution in [3.05, 3.63) is 39.7 Å². The molecule has 1 amide bonds. The van der Waals surface area contributed by atoms with E-state index in [0.29, 0.717) is 17.1 Å². The fourth-order valence-corrected chi connectivity index (χ4v) is 2.97. The van der Waals surface area contributed by atoms with E-state index in [4.69, 9.17) is 4.74 Å². The quantitative estimate of drug-likeness (QED) is 0.806. The topological polar surface area (TPSA) is 96.4 Å². The number of fused-ring (bicyclic) bond motifs is 1. The van der Waals surface area contributed by atoms with Gasteiger partial charge in [-0.2, -0.15) is 0 Å². The SMILES string of the molecule is COc1cc(C2CC(=O)Nc3c2c(=O)[nH]n3C(C)C)ccc1O. The number of ether oxygens (including phenoxy) is 1. The summed E-state index contributed by atoms with van der Waals surface area (Å²) in [5.41, 5.74) is 1.07. The molecule has 2 heterocycles. The Kier molecular flexibility index (Phi) is 3.63. The molecule has 2 aromatic rings. The van der Waals surface area contributed by atoms with Gasteiger partial charge in [0.25, 0.3) is 5.56 Å². The molecule has 0 fully saturated rings. The van der Waals surface area contributed by atoms with Gasteiger partial charge in [-0.05, 0) is 31.5 Å². The van der Waals surface area contributed by atoms with Gasteiger partial charge in [0.15, 0.2) is 11.5 Å². The molecule has 0 spiro atoms. The lowest BCUT2D eigenvalue weighted by atomic mass is 9.87. The van der Waals surface area contributed by atoms with Crippen LogP contribution in [0, 0.1) is 0 Å².